The van der Waals surface area contributed by atoms with Crippen LogP contribution in [0, 0.1) is 23.7 Å². The Labute approximate surface area is 289 Å². The Balaban J connectivity index is 1.22. The van der Waals surface area contributed by atoms with Crippen LogP contribution >= 0.6 is 0 Å². The molecule has 8 aliphatic rings. The zero-order valence-electron chi connectivity index (χ0n) is 28.4. The number of rotatable bonds is 0. The number of hydrogen-bond donors (Lipinski definition) is 0. The van der Waals surface area contributed by atoms with E-state index in [1.54, 1.807) is 32.8 Å². The summed E-state index contributed by atoms with van der Waals surface area (Å²) >= 11 is 0. The van der Waals surface area contributed by atoms with Gasteiger partial charge in [-0.15, -0.1) is 0 Å². The molecule has 4 saturated carbocycles. The summed E-state index contributed by atoms with van der Waals surface area (Å²) in [6, 6.07) is 24.1. The van der Waals surface area contributed by atoms with E-state index >= 15 is 0 Å². The highest BCUT2D eigenvalue weighted by atomic mass is 15.0. The second kappa shape index (κ2) is 8.23. The fourth-order valence-electron chi connectivity index (χ4n) is 14.9. The van der Waals surface area contributed by atoms with Crippen LogP contribution in [0.15, 0.2) is 66.9 Å². The van der Waals surface area contributed by atoms with Gasteiger partial charge in [-0.25, -0.2) is 0 Å². The van der Waals surface area contributed by atoms with Gasteiger partial charge in [0, 0.05) is 54.7 Å². The molecular weight excluding hydrogens is 607 g/mol. The lowest BCUT2D eigenvalue weighted by Gasteiger charge is -2.38. The van der Waals surface area contributed by atoms with E-state index in [0.717, 1.165) is 29.6 Å². The van der Waals surface area contributed by atoms with Crippen LogP contribution in [0.3, 0.4) is 0 Å². The molecule has 3 nitrogen and oxygen atoms in total. The molecule has 0 radical (unpaired) electrons. The van der Waals surface area contributed by atoms with Gasteiger partial charge in [0.05, 0.1) is 39.3 Å². The van der Waals surface area contributed by atoms with Crippen molar-refractivity contribution in [2.75, 3.05) is 0 Å². The number of aromatic nitrogens is 3. The molecule has 4 unspecified atom stereocenters. The van der Waals surface area contributed by atoms with Crippen molar-refractivity contribution in [3.05, 3.63) is 89.2 Å². The van der Waals surface area contributed by atoms with E-state index in [4.69, 9.17) is 4.98 Å². The molecule has 8 aliphatic carbocycles. The Morgan fingerprint density at radius 2 is 1.12 bits per heavy atom. The normalized spacial score (nSPS) is 31.2. The third-order valence-electron chi connectivity index (χ3n) is 16.0. The maximum atomic E-state index is 5.53. The summed E-state index contributed by atoms with van der Waals surface area (Å²) in [6.45, 7) is 0. The SMILES string of the molecule is c1ccc2c(c1)c1cccc3c4c5c6c7c(ccc6n6c8cnc9c(c8c(cc4n2c13)c56)C1CC2CC(CC9C2)C1)C1CC2CC(C1)CC7C2. The second-order valence-corrected chi connectivity index (χ2v) is 18.3. The molecule has 50 heavy (non-hydrogen) atoms. The average molecular weight is 646 g/mol. The first-order chi connectivity index (χ1) is 24.7. The van der Waals surface area contributed by atoms with Crippen LogP contribution in [0.4, 0.5) is 0 Å². The highest BCUT2D eigenvalue weighted by molar-refractivity contribution is 6.38. The first-order valence-corrected chi connectivity index (χ1v) is 20.0. The van der Waals surface area contributed by atoms with Crippen LogP contribution in [0.1, 0.15) is 110 Å². The summed E-state index contributed by atoms with van der Waals surface area (Å²) in [4.78, 5) is 5.53. The molecule has 3 heteroatoms. The van der Waals surface area contributed by atoms with Gasteiger partial charge in [0.25, 0.3) is 0 Å². The van der Waals surface area contributed by atoms with E-state index in [2.05, 4.69) is 75.7 Å². The molecule has 5 heterocycles. The van der Waals surface area contributed by atoms with Gasteiger partial charge >= 0.3 is 0 Å². The van der Waals surface area contributed by atoms with Crippen LogP contribution in [0.2, 0.25) is 0 Å². The van der Waals surface area contributed by atoms with E-state index in [-0.39, 0.29) is 0 Å². The van der Waals surface area contributed by atoms with Gasteiger partial charge in [-0.05, 0) is 141 Å². The van der Waals surface area contributed by atoms with E-state index in [9.17, 15) is 0 Å². The number of nitrogens with zero attached hydrogens (tertiary/aromatic N) is 3. The molecule has 4 fully saturated rings. The smallest absolute Gasteiger partial charge is 0.0728 e. The molecular formula is C47H39N3. The molecule has 0 saturated heterocycles. The standard InChI is InChI=1S/C47H39N3/c1-2-7-35-31(4-1)32-5-3-6-33-41-37(49(35)46(32)33)20-34-42-38(21-48-45-29-18-24-11-25(19-29)17-28(16-24)40(42)45)50-36-9-8-30-26-12-22-10-23(13-26)15-27(14-22)39(30)43(36)44(41)47(34)50/h1-9,20-29H,10-19H2. The van der Waals surface area contributed by atoms with Crippen molar-refractivity contribution in [3.8, 4) is 0 Å². The van der Waals surface area contributed by atoms with E-state index in [1.807, 2.05) is 0 Å². The second-order valence-electron chi connectivity index (χ2n) is 18.3. The summed E-state index contributed by atoms with van der Waals surface area (Å²) in [6.07, 6.45) is 16.3. The lowest BCUT2D eigenvalue weighted by atomic mass is 9.67. The molecule has 8 bridgehead atoms. The summed E-state index contributed by atoms with van der Waals surface area (Å²) < 4.78 is 5.40. The Kier molecular flexibility index (Phi) is 4.20. The molecule has 9 aromatic rings. The predicted molar refractivity (Wildman–Crippen MR) is 205 cm³/mol. The third-order valence-corrected chi connectivity index (χ3v) is 16.0. The van der Waals surface area contributed by atoms with Crippen molar-refractivity contribution >= 4 is 76.2 Å². The Bertz CT molecular complexity index is 2980. The maximum absolute atomic E-state index is 5.53. The van der Waals surface area contributed by atoms with Gasteiger partial charge in [-0.1, -0.05) is 42.5 Å². The van der Waals surface area contributed by atoms with E-state index < -0.39 is 0 Å². The predicted octanol–water partition coefficient (Wildman–Crippen LogP) is 12.2. The van der Waals surface area contributed by atoms with Crippen molar-refractivity contribution in [1.29, 1.82) is 0 Å². The highest BCUT2D eigenvalue weighted by Crippen LogP contribution is 2.61. The van der Waals surface area contributed by atoms with Gasteiger partial charge in [0.15, 0.2) is 0 Å². The third kappa shape index (κ3) is 2.72. The van der Waals surface area contributed by atoms with E-state index in [1.165, 1.54) is 130 Å². The minimum Gasteiger partial charge on any atom is -0.308 e. The maximum Gasteiger partial charge on any atom is 0.0728 e. The fourth-order valence-corrected chi connectivity index (χ4v) is 14.9. The summed E-state index contributed by atoms with van der Waals surface area (Å²) in [5.74, 6) is 6.32. The van der Waals surface area contributed by atoms with Crippen LogP contribution in [-0.4, -0.2) is 13.8 Å². The molecule has 4 aromatic carbocycles. The number of para-hydroxylation sites is 2. The zero-order chi connectivity index (χ0) is 31.7. The van der Waals surface area contributed by atoms with Gasteiger partial charge in [0.1, 0.15) is 0 Å². The number of pyridine rings is 1. The van der Waals surface area contributed by atoms with Gasteiger partial charge in [-0.2, -0.15) is 0 Å². The van der Waals surface area contributed by atoms with Crippen LogP contribution in [-0.2, 0) is 0 Å². The Morgan fingerprint density at radius 1 is 0.440 bits per heavy atom. The quantitative estimate of drug-likeness (QED) is 0.161. The molecule has 4 atom stereocenters. The lowest BCUT2D eigenvalue weighted by molar-refractivity contribution is 0.165. The molecule has 5 aromatic heterocycles. The van der Waals surface area contributed by atoms with E-state index in [0.29, 0.717) is 17.8 Å². The Morgan fingerprint density at radius 3 is 1.94 bits per heavy atom. The van der Waals surface area contributed by atoms with Crippen molar-refractivity contribution < 1.29 is 0 Å². The zero-order valence-corrected chi connectivity index (χ0v) is 28.4. The van der Waals surface area contributed by atoms with Crippen molar-refractivity contribution in [1.82, 2.24) is 13.8 Å². The molecule has 0 spiro atoms. The molecule has 0 aliphatic heterocycles. The Hall–Kier alpha value is -4.37. The summed E-state index contributed by atoms with van der Waals surface area (Å²) in [7, 11) is 0. The number of fused-ring (bicyclic) bond motifs is 13. The van der Waals surface area contributed by atoms with Crippen LogP contribution < -0.4 is 0 Å². The molecule has 0 amide bonds. The first-order valence-electron chi connectivity index (χ1n) is 20.0. The van der Waals surface area contributed by atoms with Gasteiger partial charge < -0.3 is 8.80 Å². The molecule has 17 rings (SSSR count). The molecule has 0 N–H and O–H groups in total. The molecule has 242 valence electrons. The summed E-state index contributed by atoms with van der Waals surface area (Å²) in [5.41, 5.74) is 15.1. The van der Waals surface area contributed by atoms with Gasteiger partial charge in [-0.3, -0.25) is 4.98 Å². The van der Waals surface area contributed by atoms with Gasteiger partial charge in [0.2, 0.25) is 0 Å². The monoisotopic (exact) mass is 645 g/mol. The number of hydrogen-bond acceptors (Lipinski definition) is 1. The topological polar surface area (TPSA) is 21.7 Å². The van der Waals surface area contributed by atoms with Crippen LogP contribution in [0.25, 0.3) is 76.2 Å². The van der Waals surface area contributed by atoms with Crippen molar-refractivity contribution in [2.45, 2.75) is 87.9 Å². The van der Waals surface area contributed by atoms with Crippen molar-refractivity contribution in [2.24, 2.45) is 23.7 Å². The minimum atomic E-state index is 0.645. The van der Waals surface area contributed by atoms with Crippen LogP contribution in [0.5, 0.6) is 0 Å². The minimum absolute atomic E-state index is 0.645. The number of benzene rings is 4. The first kappa shape index (κ1) is 25.6. The van der Waals surface area contributed by atoms with Crippen molar-refractivity contribution in [3.63, 3.8) is 0 Å². The lowest BCUT2D eigenvalue weighted by Crippen LogP contribution is -2.25. The highest BCUT2D eigenvalue weighted by Gasteiger charge is 2.46. The summed E-state index contributed by atoms with van der Waals surface area (Å²) in [5, 5.41) is 11.9. The average Bonchev–Trinajstić information content (AvgIpc) is 3.79. The fraction of sp³-hybridized carbons (Fsp3) is 0.383. The largest absolute Gasteiger partial charge is 0.308 e.